The molecule has 1 aliphatic rings. The molecule has 2 atom stereocenters. The molecule has 1 aromatic heterocycles. The number of rotatable bonds is 3. The van der Waals surface area contributed by atoms with Gasteiger partial charge in [-0.1, -0.05) is 11.6 Å². The minimum Gasteiger partial charge on any atom is -0.297 e. The van der Waals surface area contributed by atoms with Gasteiger partial charge in [-0.2, -0.15) is 10.4 Å². The van der Waals surface area contributed by atoms with Crippen LogP contribution >= 0.6 is 11.6 Å². The molecule has 18 heavy (non-hydrogen) atoms. The highest BCUT2D eigenvalue weighted by Crippen LogP contribution is 2.38. The molecule has 1 saturated carbocycles. The molecule has 0 radical (unpaired) electrons. The molecule has 1 aliphatic carbocycles. The normalized spacial score (nSPS) is 27.7. The molecule has 2 rings (SSSR count). The second-order valence-electron chi connectivity index (χ2n) is 5.43. The Bertz CT molecular complexity index is 454. The minimum atomic E-state index is -0.412. The number of aryl methyl sites for hydroxylation is 1. The third-order valence-corrected chi connectivity index (χ3v) is 3.87. The van der Waals surface area contributed by atoms with Gasteiger partial charge in [0.05, 0.1) is 22.8 Å². The zero-order valence-electron chi connectivity index (χ0n) is 11.1. The van der Waals surface area contributed by atoms with Crippen molar-refractivity contribution in [2.45, 2.75) is 57.7 Å². The van der Waals surface area contributed by atoms with Gasteiger partial charge < -0.3 is 0 Å². The summed E-state index contributed by atoms with van der Waals surface area (Å²) < 4.78 is 1.92. The van der Waals surface area contributed by atoms with Crippen LogP contribution in [0.1, 0.15) is 44.8 Å². The zero-order valence-corrected chi connectivity index (χ0v) is 11.8. The van der Waals surface area contributed by atoms with Crippen molar-refractivity contribution in [2.75, 3.05) is 0 Å². The molecule has 1 N–H and O–H groups in total. The summed E-state index contributed by atoms with van der Waals surface area (Å²) in [5.41, 5.74) is 0.438. The van der Waals surface area contributed by atoms with E-state index in [1.54, 1.807) is 0 Å². The van der Waals surface area contributed by atoms with E-state index in [0.29, 0.717) is 11.1 Å². The molecule has 4 nitrogen and oxygen atoms in total. The van der Waals surface area contributed by atoms with E-state index in [4.69, 9.17) is 11.6 Å². The highest BCUT2D eigenvalue weighted by atomic mass is 35.5. The lowest BCUT2D eigenvalue weighted by Gasteiger charge is -2.25. The molecule has 0 aromatic carbocycles. The summed E-state index contributed by atoms with van der Waals surface area (Å²) >= 11 is 6.03. The van der Waals surface area contributed by atoms with Crippen molar-refractivity contribution in [3.8, 4) is 6.07 Å². The first-order chi connectivity index (χ1) is 8.46. The van der Waals surface area contributed by atoms with Gasteiger partial charge in [-0.05, 0) is 33.6 Å². The van der Waals surface area contributed by atoms with Crippen LogP contribution in [0.4, 0.5) is 0 Å². The van der Waals surface area contributed by atoms with Crippen LogP contribution in [0.2, 0.25) is 5.02 Å². The maximum atomic E-state index is 9.42. The summed E-state index contributed by atoms with van der Waals surface area (Å²) in [6.45, 7) is 6.04. The zero-order chi connectivity index (χ0) is 13.3. The Kier molecular flexibility index (Phi) is 3.65. The molecule has 0 saturated heterocycles. The molecule has 1 heterocycles. The van der Waals surface area contributed by atoms with E-state index in [1.807, 2.05) is 17.8 Å². The number of aromatic nitrogens is 2. The Labute approximate surface area is 113 Å². The number of nitrogens with zero attached hydrogens (tertiary/aromatic N) is 3. The van der Waals surface area contributed by atoms with Crippen molar-refractivity contribution >= 4 is 11.6 Å². The van der Waals surface area contributed by atoms with Crippen molar-refractivity contribution in [1.82, 2.24) is 15.1 Å². The first-order valence-electron chi connectivity index (χ1n) is 6.36. The van der Waals surface area contributed by atoms with E-state index < -0.39 is 5.54 Å². The Hall–Kier alpha value is -1.05. The van der Waals surface area contributed by atoms with Gasteiger partial charge in [-0.15, -0.1) is 0 Å². The first-order valence-corrected chi connectivity index (χ1v) is 6.74. The van der Waals surface area contributed by atoms with E-state index in [2.05, 4.69) is 30.3 Å². The highest BCUT2D eigenvalue weighted by Gasteiger charge is 2.40. The van der Waals surface area contributed by atoms with Gasteiger partial charge in [0.1, 0.15) is 5.54 Å². The van der Waals surface area contributed by atoms with E-state index in [-0.39, 0.29) is 6.04 Å². The summed E-state index contributed by atoms with van der Waals surface area (Å²) in [5.74, 6) is 0. The Balaban J connectivity index is 2.14. The minimum absolute atomic E-state index is 0.266. The molecule has 98 valence electrons. The Morgan fingerprint density at radius 2 is 2.39 bits per heavy atom. The average molecular weight is 267 g/mol. The van der Waals surface area contributed by atoms with Gasteiger partial charge in [0.2, 0.25) is 0 Å². The maximum Gasteiger partial charge on any atom is 0.109 e. The number of halogens is 1. The quantitative estimate of drug-likeness (QED) is 0.915. The molecule has 0 spiro atoms. The van der Waals surface area contributed by atoms with Crippen LogP contribution in [0.5, 0.6) is 0 Å². The fourth-order valence-electron chi connectivity index (χ4n) is 2.71. The average Bonchev–Trinajstić information content (AvgIpc) is 2.84. The molecule has 0 aliphatic heterocycles. The SMILES string of the molecule is Cc1nn(C2CCC(C#N)(NC(C)C)C2)cc1Cl. The van der Waals surface area contributed by atoms with Crippen LogP contribution in [0.3, 0.4) is 0 Å². The number of nitriles is 1. The summed E-state index contributed by atoms with van der Waals surface area (Å²) in [6.07, 6.45) is 4.48. The second kappa shape index (κ2) is 4.91. The number of nitrogens with one attached hydrogen (secondary N) is 1. The fourth-order valence-corrected chi connectivity index (χ4v) is 2.85. The van der Waals surface area contributed by atoms with Crippen LogP contribution in [0, 0.1) is 18.3 Å². The summed E-state index contributed by atoms with van der Waals surface area (Å²) in [4.78, 5) is 0. The predicted octanol–water partition coefficient (Wildman–Crippen LogP) is 2.83. The van der Waals surface area contributed by atoms with Gasteiger partial charge in [0.15, 0.2) is 0 Å². The lowest BCUT2D eigenvalue weighted by atomic mass is 9.98. The van der Waals surface area contributed by atoms with E-state index in [9.17, 15) is 5.26 Å². The maximum absolute atomic E-state index is 9.42. The van der Waals surface area contributed by atoms with Gasteiger partial charge in [0, 0.05) is 18.7 Å². The smallest absolute Gasteiger partial charge is 0.109 e. The van der Waals surface area contributed by atoms with Crippen molar-refractivity contribution in [2.24, 2.45) is 0 Å². The van der Waals surface area contributed by atoms with Crippen molar-refractivity contribution in [1.29, 1.82) is 5.26 Å². The molecule has 1 fully saturated rings. The lowest BCUT2D eigenvalue weighted by molar-refractivity contribution is 0.361. The summed E-state index contributed by atoms with van der Waals surface area (Å²) in [5, 5.41) is 17.9. The Morgan fingerprint density at radius 3 is 2.89 bits per heavy atom. The fraction of sp³-hybridized carbons (Fsp3) is 0.692. The third kappa shape index (κ3) is 2.52. The highest BCUT2D eigenvalue weighted by molar-refractivity contribution is 6.31. The largest absolute Gasteiger partial charge is 0.297 e. The lowest BCUT2D eigenvalue weighted by Crippen LogP contribution is -2.45. The van der Waals surface area contributed by atoms with E-state index in [1.165, 1.54) is 0 Å². The van der Waals surface area contributed by atoms with Gasteiger partial charge in [-0.3, -0.25) is 10.00 Å². The van der Waals surface area contributed by atoms with Crippen molar-refractivity contribution in [3.63, 3.8) is 0 Å². The van der Waals surface area contributed by atoms with E-state index >= 15 is 0 Å². The molecule has 0 amide bonds. The topological polar surface area (TPSA) is 53.6 Å². The number of hydrogen-bond acceptors (Lipinski definition) is 3. The molecular formula is C13H19ClN4. The van der Waals surface area contributed by atoms with Gasteiger partial charge in [-0.25, -0.2) is 0 Å². The van der Waals surface area contributed by atoms with E-state index in [0.717, 1.165) is 25.0 Å². The van der Waals surface area contributed by atoms with Crippen LogP contribution < -0.4 is 5.32 Å². The Morgan fingerprint density at radius 1 is 1.67 bits per heavy atom. The standard InChI is InChI=1S/C13H19ClN4/c1-9(2)16-13(8-15)5-4-11(6-13)18-7-12(14)10(3)17-18/h7,9,11,16H,4-6H2,1-3H3. The van der Waals surface area contributed by atoms with Crippen LogP contribution in [-0.4, -0.2) is 21.4 Å². The van der Waals surface area contributed by atoms with Crippen LogP contribution in [-0.2, 0) is 0 Å². The third-order valence-electron chi connectivity index (χ3n) is 3.50. The van der Waals surface area contributed by atoms with Crippen LogP contribution in [0.25, 0.3) is 0 Å². The monoisotopic (exact) mass is 266 g/mol. The molecule has 5 heteroatoms. The second-order valence-corrected chi connectivity index (χ2v) is 5.84. The predicted molar refractivity (Wildman–Crippen MR) is 71.5 cm³/mol. The van der Waals surface area contributed by atoms with Crippen LogP contribution in [0.15, 0.2) is 6.20 Å². The summed E-state index contributed by atoms with van der Waals surface area (Å²) in [7, 11) is 0. The van der Waals surface area contributed by atoms with Gasteiger partial charge in [0.25, 0.3) is 0 Å². The first kappa shape index (κ1) is 13.4. The molecule has 2 unspecified atom stereocenters. The summed E-state index contributed by atoms with van der Waals surface area (Å²) in [6, 6.07) is 3.02. The van der Waals surface area contributed by atoms with Crippen molar-refractivity contribution < 1.29 is 0 Å². The molecule has 1 aromatic rings. The number of hydrogen-bond donors (Lipinski definition) is 1. The van der Waals surface area contributed by atoms with Gasteiger partial charge >= 0.3 is 0 Å². The molecular weight excluding hydrogens is 248 g/mol. The van der Waals surface area contributed by atoms with Crippen molar-refractivity contribution in [3.05, 3.63) is 16.9 Å². The molecule has 0 bridgehead atoms.